The monoisotopic (exact) mass is 171 g/mol. The summed E-state index contributed by atoms with van der Waals surface area (Å²) in [5, 5.41) is 5.46. The third kappa shape index (κ3) is 1.88. The zero-order valence-electron chi connectivity index (χ0n) is 7.52. The third-order valence-corrected chi connectivity index (χ3v) is 2.56. The average Bonchev–Trinajstić information content (AvgIpc) is 2.54. The molecule has 1 aliphatic rings. The maximum absolute atomic E-state index is 11.1. The van der Waals surface area contributed by atoms with Crippen LogP contribution < -0.4 is 16.4 Å². The van der Waals surface area contributed by atoms with Crippen LogP contribution >= 0.6 is 0 Å². The van der Waals surface area contributed by atoms with E-state index in [4.69, 9.17) is 5.73 Å². The predicted octanol–water partition coefficient (Wildman–Crippen LogP) is 0.187. The molecule has 4 N–H and O–H groups in total. The third-order valence-electron chi connectivity index (χ3n) is 2.56. The Morgan fingerprint density at radius 2 is 2.08 bits per heavy atom. The van der Waals surface area contributed by atoms with Crippen LogP contribution in [0.25, 0.3) is 0 Å². The number of nitrogens with two attached hydrogens (primary N) is 1. The molecule has 0 spiro atoms. The molecule has 0 radical (unpaired) electrons. The molecule has 0 bridgehead atoms. The molecule has 4 nitrogen and oxygen atoms in total. The van der Waals surface area contributed by atoms with Gasteiger partial charge in [0, 0.05) is 13.6 Å². The maximum atomic E-state index is 11.1. The van der Waals surface area contributed by atoms with Crippen molar-refractivity contribution in [3.05, 3.63) is 0 Å². The number of hydrogen-bond acceptors (Lipinski definition) is 2. The first-order chi connectivity index (χ1) is 5.72. The Morgan fingerprint density at radius 1 is 1.50 bits per heavy atom. The number of nitrogens with one attached hydrogen (secondary N) is 2. The highest BCUT2D eigenvalue weighted by Gasteiger charge is 2.33. The van der Waals surface area contributed by atoms with Crippen molar-refractivity contribution in [1.29, 1.82) is 0 Å². The van der Waals surface area contributed by atoms with Gasteiger partial charge in [-0.05, 0) is 12.8 Å². The van der Waals surface area contributed by atoms with E-state index in [9.17, 15) is 4.79 Å². The minimum absolute atomic E-state index is 0.123. The van der Waals surface area contributed by atoms with Crippen LogP contribution in [0.4, 0.5) is 4.79 Å². The molecule has 0 unspecified atom stereocenters. The molecule has 0 aromatic carbocycles. The van der Waals surface area contributed by atoms with Crippen molar-refractivity contribution in [2.45, 2.75) is 31.2 Å². The molecule has 1 fully saturated rings. The molecule has 2 amide bonds. The summed E-state index contributed by atoms with van der Waals surface area (Å²) in [6, 6.07) is -0.123. The van der Waals surface area contributed by atoms with Gasteiger partial charge in [-0.1, -0.05) is 12.8 Å². The fourth-order valence-corrected chi connectivity index (χ4v) is 1.74. The van der Waals surface area contributed by atoms with Gasteiger partial charge in [-0.2, -0.15) is 0 Å². The highest BCUT2D eigenvalue weighted by molar-refractivity contribution is 5.74. The predicted molar refractivity (Wildman–Crippen MR) is 47.8 cm³/mol. The number of carbonyl (C=O) groups excluding carboxylic acids is 1. The maximum Gasteiger partial charge on any atom is 0.315 e. The zero-order chi connectivity index (χ0) is 9.03. The van der Waals surface area contributed by atoms with Gasteiger partial charge < -0.3 is 16.4 Å². The van der Waals surface area contributed by atoms with E-state index in [1.54, 1.807) is 7.05 Å². The SMILES string of the molecule is CNC(=O)NC1(CN)CCCC1. The van der Waals surface area contributed by atoms with Crippen molar-refractivity contribution in [2.75, 3.05) is 13.6 Å². The molecule has 4 heteroatoms. The van der Waals surface area contributed by atoms with Crippen molar-refractivity contribution in [1.82, 2.24) is 10.6 Å². The number of rotatable bonds is 2. The molecule has 0 aromatic heterocycles. The Bertz CT molecular complexity index is 164. The summed E-state index contributed by atoms with van der Waals surface area (Å²) < 4.78 is 0. The Balaban J connectivity index is 2.49. The standard InChI is InChI=1S/C8H17N3O/c1-10-7(12)11-8(6-9)4-2-3-5-8/h2-6,9H2,1H3,(H2,10,11,12). The Labute approximate surface area is 72.9 Å². The van der Waals surface area contributed by atoms with Gasteiger partial charge in [-0.15, -0.1) is 0 Å². The molecule has 1 aliphatic carbocycles. The van der Waals surface area contributed by atoms with E-state index in [0.29, 0.717) is 6.54 Å². The van der Waals surface area contributed by atoms with Crippen LogP contribution in [0, 0.1) is 0 Å². The van der Waals surface area contributed by atoms with Crippen molar-refractivity contribution in [3.63, 3.8) is 0 Å². The lowest BCUT2D eigenvalue weighted by atomic mass is 9.98. The average molecular weight is 171 g/mol. The second-order valence-corrected chi connectivity index (χ2v) is 3.40. The summed E-state index contributed by atoms with van der Waals surface area (Å²) in [5.41, 5.74) is 5.50. The molecule has 1 saturated carbocycles. The molecule has 0 aliphatic heterocycles. The van der Waals surface area contributed by atoms with Crippen LogP contribution in [0.5, 0.6) is 0 Å². The van der Waals surface area contributed by atoms with Gasteiger partial charge in [-0.3, -0.25) is 0 Å². The first-order valence-corrected chi connectivity index (χ1v) is 4.42. The second kappa shape index (κ2) is 3.76. The smallest absolute Gasteiger partial charge is 0.315 e. The van der Waals surface area contributed by atoms with E-state index in [0.717, 1.165) is 12.8 Å². The van der Waals surface area contributed by atoms with E-state index in [-0.39, 0.29) is 11.6 Å². The molecule has 0 heterocycles. The summed E-state index contributed by atoms with van der Waals surface area (Å²) in [5.74, 6) is 0. The lowest BCUT2D eigenvalue weighted by Crippen LogP contribution is -2.54. The van der Waals surface area contributed by atoms with Crippen LogP contribution in [0.3, 0.4) is 0 Å². The lowest BCUT2D eigenvalue weighted by molar-refractivity contribution is 0.227. The van der Waals surface area contributed by atoms with Gasteiger partial charge in [-0.25, -0.2) is 4.79 Å². The normalized spacial score (nSPS) is 20.5. The Morgan fingerprint density at radius 3 is 2.50 bits per heavy atom. The fourth-order valence-electron chi connectivity index (χ4n) is 1.74. The van der Waals surface area contributed by atoms with Gasteiger partial charge in [0.05, 0.1) is 5.54 Å². The highest BCUT2D eigenvalue weighted by atomic mass is 16.2. The van der Waals surface area contributed by atoms with E-state index < -0.39 is 0 Å². The van der Waals surface area contributed by atoms with Crippen LogP contribution in [0.2, 0.25) is 0 Å². The topological polar surface area (TPSA) is 67.2 Å². The molecule has 1 rings (SSSR count). The summed E-state index contributed by atoms with van der Waals surface area (Å²) in [6.45, 7) is 0.542. The van der Waals surface area contributed by atoms with Crippen LogP contribution in [-0.4, -0.2) is 25.2 Å². The summed E-state index contributed by atoms with van der Waals surface area (Å²) in [6.07, 6.45) is 4.36. The molecule has 70 valence electrons. The van der Waals surface area contributed by atoms with E-state index >= 15 is 0 Å². The van der Waals surface area contributed by atoms with Crippen molar-refractivity contribution in [2.24, 2.45) is 5.73 Å². The van der Waals surface area contributed by atoms with E-state index in [2.05, 4.69) is 10.6 Å². The molecule has 0 atom stereocenters. The highest BCUT2D eigenvalue weighted by Crippen LogP contribution is 2.28. The van der Waals surface area contributed by atoms with Crippen molar-refractivity contribution in [3.8, 4) is 0 Å². The van der Waals surface area contributed by atoms with Gasteiger partial charge in [0.1, 0.15) is 0 Å². The van der Waals surface area contributed by atoms with Crippen molar-refractivity contribution >= 4 is 6.03 Å². The first-order valence-electron chi connectivity index (χ1n) is 4.42. The summed E-state index contributed by atoms with van der Waals surface area (Å²) in [4.78, 5) is 11.1. The second-order valence-electron chi connectivity index (χ2n) is 3.40. The lowest BCUT2D eigenvalue weighted by Gasteiger charge is -2.28. The number of amides is 2. The first kappa shape index (κ1) is 9.32. The van der Waals surface area contributed by atoms with Crippen LogP contribution in [0.15, 0.2) is 0 Å². The minimum atomic E-state index is -0.125. The Kier molecular flexibility index (Phi) is 2.92. The van der Waals surface area contributed by atoms with Gasteiger partial charge in [0.25, 0.3) is 0 Å². The number of urea groups is 1. The fraction of sp³-hybridized carbons (Fsp3) is 0.875. The molecular weight excluding hydrogens is 154 g/mol. The van der Waals surface area contributed by atoms with E-state index in [1.165, 1.54) is 12.8 Å². The minimum Gasteiger partial charge on any atom is -0.341 e. The molecule has 0 aromatic rings. The van der Waals surface area contributed by atoms with Gasteiger partial charge >= 0.3 is 6.03 Å². The zero-order valence-corrected chi connectivity index (χ0v) is 7.52. The Hall–Kier alpha value is -0.770. The number of hydrogen-bond donors (Lipinski definition) is 3. The quantitative estimate of drug-likeness (QED) is 0.555. The van der Waals surface area contributed by atoms with E-state index in [1.807, 2.05) is 0 Å². The van der Waals surface area contributed by atoms with Gasteiger partial charge in [0.2, 0.25) is 0 Å². The summed E-state index contributed by atoms with van der Waals surface area (Å²) in [7, 11) is 1.62. The van der Waals surface area contributed by atoms with Crippen LogP contribution in [0.1, 0.15) is 25.7 Å². The van der Waals surface area contributed by atoms with Crippen LogP contribution in [-0.2, 0) is 0 Å². The summed E-state index contributed by atoms with van der Waals surface area (Å²) >= 11 is 0. The molecular formula is C8H17N3O. The largest absolute Gasteiger partial charge is 0.341 e. The van der Waals surface area contributed by atoms with Gasteiger partial charge in [0.15, 0.2) is 0 Å². The van der Waals surface area contributed by atoms with Crippen molar-refractivity contribution < 1.29 is 4.79 Å². The number of carbonyl (C=O) groups is 1. The molecule has 12 heavy (non-hydrogen) atoms. The molecule has 0 saturated heterocycles.